The highest BCUT2D eigenvalue weighted by Gasteiger charge is 2.43. The van der Waals surface area contributed by atoms with Crippen LogP contribution in [0.4, 0.5) is 0 Å². The maximum absolute atomic E-state index is 11.3. The standard InChI is InChI=1S/C10H15N3O/c1-6(2)8-9(11-10(8)14)7-4-5-13(3)12-7/h4-6,8-9H,1-3H3,(H,11,14). The maximum atomic E-state index is 11.3. The van der Waals surface area contributed by atoms with E-state index >= 15 is 0 Å². The van der Waals surface area contributed by atoms with Crippen molar-refractivity contribution in [3.63, 3.8) is 0 Å². The van der Waals surface area contributed by atoms with E-state index in [1.54, 1.807) is 4.68 Å². The second-order valence-corrected chi connectivity index (χ2v) is 4.17. The van der Waals surface area contributed by atoms with E-state index in [1.807, 2.05) is 19.3 Å². The van der Waals surface area contributed by atoms with Crippen LogP contribution in [0.2, 0.25) is 0 Å². The molecule has 76 valence electrons. The highest BCUT2D eigenvalue weighted by atomic mass is 16.2. The number of hydrogen-bond acceptors (Lipinski definition) is 2. The predicted octanol–water partition coefficient (Wildman–Crippen LogP) is 0.863. The largest absolute Gasteiger partial charge is 0.347 e. The zero-order chi connectivity index (χ0) is 10.3. The lowest BCUT2D eigenvalue weighted by atomic mass is 9.80. The summed E-state index contributed by atoms with van der Waals surface area (Å²) in [6.07, 6.45) is 1.90. The van der Waals surface area contributed by atoms with Crippen LogP contribution in [-0.2, 0) is 11.8 Å². The second-order valence-electron chi connectivity index (χ2n) is 4.17. The molecule has 1 N–H and O–H groups in total. The van der Waals surface area contributed by atoms with E-state index in [1.165, 1.54) is 0 Å². The Hall–Kier alpha value is -1.32. The molecule has 0 radical (unpaired) electrons. The summed E-state index contributed by atoms with van der Waals surface area (Å²) < 4.78 is 1.76. The second kappa shape index (κ2) is 3.12. The monoisotopic (exact) mass is 193 g/mol. The van der Waals surface area contributed by atoms with Gasteiger partial charge >= 0.3 is 0 Å². The van der Waals surface area contributed by atoms with Crippen molar-refractivity contribution in [3.05, 3.63) is 18.0 Å². The van der Waals surface area contributed by atoms with Gasteiger partial charge in [-0.05, 0) is 12.0 Å². The summed E-state index contributed by atoms with van der Waals surface area (Å²) in [7, 11) is 1.88. The smallest absolute Gasteiger partial charge is 0.226 e. The molecule has 0 aromatic carbocycles. The molecule has 2 unspecified atom stereocenters. The van der Waals surface area contributed by atoms with E-state index in [9.17, 15) is 4.79 Å². The molecule has 0 aliphatic carbocycles. The number of aromatic nitrogens is 2. The number of aryl methyl sites for hydroxylation is 1. The van der Waals surface area contributed by atoms with Gasteiger partial charge in [0.05, 0.1) is 17.7 Å². The highest BCUT2D eigenvalue weighted by molar-refractivity contribution is 5.86. The molecule has 4 nitrogen and oxygen atoms in total. The third kappa shape index (κ3) is 1.31. The van der Waals surface area contributed by atoms with Gasteiger partial charge in [-0.3, -0.25) is 9.48 Å². The molecule has 1 aliphatic heterocycles. The number of hydrogen-bond donors (Lipinski definition) is 1. The summed E-state index contributed by atoms with van der Waals surface area (Å²) in [5.41, 5.74) is 0.964. The third-order valence-electron chi connectivity index (χ3n) is 2.73. The van der Waals surface area contributed by atoms with Crippen LogP contribution < -0.4 is 5.32 Å². The minimum absolute atomic E-state index is 0.0879. The van der Waals surface area contributed by atoms with Crippen LogP contribution >= 0.6 is 0 Å². The van der Waals surface area contributed by atoms with Gasteiger partial charge in [0.15, 0.2) is 0 Å². The van der Waals surface area contributed by atoms with Crippen LogP contribution in [0, 0.1) is 11.8 Å². The molecule has 14 heavy (non-hydrogen) atoms. The summed E-state index contributed by atoms with van der Waals surface area (Å²) in [6.45, 7) is 4.14. The van der Waals surface area contributed by atoms with E-state index in [-0.39, 0.29) is 17.9 Å². The Kier molecular flexibility index (Phi) is 2.06. The molecule has 1 aliphatic rings. The number of rotatable bonds is 2. The Morgan fingerprint density at radius 1 is 1.57 bits per heavy atom. The normalized spacial score (nSPS) is 26.1. The lowest BCUT2D eigenvalue weighted by molar-refractivity contribution is -0.137. The summed E-state index contributed by atoms with van der Waals surface area (Å²) in [5, 5.41) is 7.19. The molecule has 0 bridgehead atoms. The first-order valence-corrected chi connectivity index (χ1v) is 4.89. The number of β-lactam (4-membered cyclic amide) rings is 1. The number of carbonyl (C=O) groups is 1. The van der Waals surface area contributed by atoms with Gasteiger partial charge in [0.25, 0.3) is 0 Å². The molecular weight excluding hydrogens is 178 g/mol. The van der Waals surface area contributed by atoms with Gasteiger partial charge in [-0.2, -0.15) is 5.10 Å². The van der Waals surface area contributed by atoms with E-state index in [0.29, 0.717) is 5.92 Å². The number of nitrogens with one attached hydrogen (secondary N) is 1. The van der Waals surface area contributed by atoms with Crippen molar-refractivity contribution in [1.82, 2.24) is 15.1 Å². The van der Waals surface area contributed by atoms with E-state index in [4.69, 9.17) is 0 Å². The van der Waals surface area contributed by atoms with E-state index in [0.717, 1.165) is 5.69 Å². The molecule has 1 fully saturated rings. The van der Waals surface area contributed by atoms with Crippen LogP contribution in [-0.4, -0.2) is 15.7 Å². The van der Waals surface area contributed by atoms with Gasteiger partial charge in [0.1, 0.15) is 0 Å². The summed E-state index contributed by atoms with van der Waals surface area (Å²) in [5.74, 6) is 0.608. The Bertz CT molecular complexity index is 356. The molecule has 2 heterocycles. The minimum Gasteiger partial charge on any atom is -0.347 e. The lowest BCUT2D eigenvalue weighted by Crippen LogP contribution is -2.53. The average molecular weight is 193 g/mol. The summed E-state index contributed by atoms with van der Waals surface area (Å²) in [4.78, 5) is 11.3. The first-order valence-electron chi connectivity index (χ1n) is 4.89. The first-order chi connectivity index (χ1) is 6.59. The highest BCUT2D eigenvalue weighted by Crippen LogP contribution is 2.34. The fraction of sp³-hybridized carbons (Fsp3) is 0.600. The summed E-state index contributed by atoms with van der Waals surface area (Å²) in [6, 6.07) is 2.07. The van der Waals surface area contributed by atoms with Crippen LogP contribution in [0.3, 0.4) is 0 Å². The van der Waals surface area contributed by atoms with Crippen molar-refractivity contribution in [2.75, 3.05) is 0 Å². The molecule has 1 aromatic rings. The Balaban J connectivity index is 2.17. The van der Waals surface area contributed by atoms with E-state index in [2.05, 4.69) is 24.3 Å². The van der Waals surface area contributed by atoms with Crippen molar-refractivity contribution in [1.29, 1.82) is 0 Å². The van der Waals surface area contributed by atoms with Gasteiger partial charge in [-0.1, -0.05) is 13.8 Å². The molecule has 2 rings (SSSR count). The molecule has 2 atom stereocenters. The van der Waals surface area contributed by atoms with Gasteiger partial charge in [0.2, 0.25) is 5.91 Å². The first kappa shape index (κ1) is 9.24. The zero-order valence-corrected chi connectivity index (χ0v) is 8.69. The number of carbonyl (C=O) groups excluding carboxylic acids is 1. The minimum atomic E-state index is 0.0879. The van der Waals surface area contributed by atoms with Crippen molar-refractivity contribution < 1.29 is 4.79 Å². The zero-order valence-electron chi connectivity index (χ0n) is 8.69. The summed E-state index contributed by atoms with van der Waals surface area (Å²) >= 11 is 0. The predicted molar refractivity (Wildman–Crippen MR) is 52.4 cm³/mol. The molecular formula is C10H15N3O. The fourth-order valence-electron chi connectivity index (χ4n) is 1.94. The fourth-order valence-corrected chi connectivity index (χ4v) is 1.94. The third-order valence-corrected chi connectivity index (χ3v) is 2.73. The van der Waals surface area contributed by atoms with Crippen molar-refractivity contribution >= 4 is 5.91 Å². The van der Waals surface area contributed by atoms with Crippen LogP contribution in [0.5, 0.6) is 0 Å². The van der Waals surface area contributed by atoms with Crippen molar-refractivity contribution in [3.8, 4) is 0 Å². The number of amides is 1. The van der Waals surface area contributed by atoms with Gasteiger partial charge in [-0.15, -0.1) is 0 Å². The molecule has 1 amide bonds. The van der Waals surface area contributed by atoms with E-state index < -0.39 is 0 Å². The lowest BCUT2D eigenvalue weighted by Gasteiger charge is -2.38. The van der Waals surface area contributed by atoms with Crippen molar-refractivity contribution in [2.45, 2.75) is 19.9 Å². The maximum Gasteiger partial charge on any atom is 0.226 e. The van der Waals surface area contributed by atoms with Gasteiger partial charge < -0.3 is 5.32 Å². The van der Waals surface area contributed by atoms with Crippen LogP contribution in [0.1, 0.15) is 25.6 Å². The molecule has 1 aromatic heterocycles. The average Bonchev–Trinajstić information content (AvgIpc) is 2.45. The molecule has 1 saturated heterocycles. The Morgan fingerprint density at radius 2 is 2.29 bits per heavy atom. The Labute approximate surface area is 83.3 Å². The SMILES string of the molecule is CC(C)C1C(=O)NC1c1ccn(C)n1. The molecule has 4 heteroatoms. The van der Waals surface area contributed by atoms with Gasteiger partial charge in [-0.25, -0.2) is 0 Å². The van der Waals surface area contributed by atoms with Gasteiger partial charge in [0, 0.05) is 13.2 Å². The molecule has 0 spiro atoms. The Morgan fingerprint density at radius 3 is 2.71 bits per heavy atom. The molecule has 0 saturated carbocycles. The topological polar surface area (TPSA) is 46.9 Å². The quantitative estimate of drug-likeness (QED) is 0.708. The van der Waals surface area contributed by atoms with Crippen LogP contribution in [0.25, 0.3) is 0 Å². The van der Waals surface area contributed by atoms with Crippen molar-refractivity contribution in [2.24, 2.45) is 18.9 Å². The number of nitrogens with zero attached hydrogens (tertiary/aromatic N) is 2. The van der Waals surface area contributed by atoms with Crippen LogP contribution in [0.15, 0.2) is 12.3 Å².